The van der Waals surface area contributed by atoms with Crippen LogP contribution >= 0.6 is 0 Å². The highest BCUT2D eigenvalue weighted by molar-refractivity contribution is 5.58. The van der Waals surface area contributed by atoms with Crippen molar-refractivity contribution >= 4 is 11.4 Å². The molecule has 0 heterocycles. The first kappa shape index (κ1) is 14.7. The van der Waals surface area contributed by atoms with Gasteiger partial charge in [0.15, 0.2) is 6.10 Å². The zero-order valence-electron chi connectivity index (χ0n) is 9.31. The van der Waals surface area contributed by atoms with Gasteiger partial charge in [0.05, 0.1) is 4.92 Å². The number of nitriles is 1. The summed E-state index contributed by atoms with van der Waals surface area (Å²) < 4.78 is 36.1. The standard InChI is InChI=1S/C10H8F3N3O3/c11-10(12,13)9(17)5-15-7-1-2-8(16(18)19)6(3-7)4-14/h1-3,9,15,17H,5H2. The molecule has 0 radical (unpaired) electrons. The number of aliphatic hydroxyl groups excluding tert-OH is 1. The lowest BCUT2D eigenvalue weighted by Gasteiger charge is -2.15. The van der Waals surface area contributed by atoms with Gasteiger partial charge in [-0.25, -0.2) is 0 Å². The molecule has 1 aromatic carbocycles. The van der Waals surface area contributed by atoms with E-state index in [9.17, 15) is 23.3 Å². The van der Waals surface area contributed by atoms with Gasteiger partial charge < -0.3 is 10.4 Å². The Bertz CT molecular complexity index is 525. The molecule has 0 spiro atoms. The van der Waals surface area contributed by atoms with E-state index in [1.54, 1.807) is 6.07 Å². The van der Waals surface area contributed by atoms with Crippen LogP contribution in [0, 0.1) is 21.4 Å². The van der Waals surface area contributed by atoms with Crippen LogP contribution in [-0.4, -0.2) is 28.9 Å². The third-order valence-corrected chi connectivity index (χ3v) is 2.19. The number of aliphatic hydroxyl groups is 1. The van der Waals surface area contributed by atoms with Crippen molar-refractivity contribution in [2.24, 2.45) is 0 Å². The van der Waals surface area contributed by atoms with Crippen LogP contribution in [0.2, 0.25) is 0 Å². The van der Waals surface area contributed by atoms with Crippen LogP contribution in [0.4, 0.5) is 24.5 Å². The van der Waals surface area contributed by atoms with Crippen molar-refractivity contribution in [2.75, 3.05) is 11.9 Å². The highest BCUT2D eigenvalue weighted by Crippen LogP contribution is 2.23. The maximum Gasteiger partial charge on any atom is 0.416 e. The molecular formula is C10H8F3N3O3. The van der Waals surface area contributed by atoms with E-state index in [2.05, 4.69) is 5.32 Å². The van der Waals surface area contributed by atoms with Crippen molar-refractivity contribution in [2.45, 2.75) is 12.3 Å². The monoisotopic (exact) mass is 275 g/mol. The molecule has 0 saturated carbocycles. The van der Waals surface area contributed by atoms with Gasteiger partial charge in [-0.1, -0.05) is 0 Å². The Labute approximate surface area is 105 Å². The molecule has 0 amide bonds. The molecule has 0 bridgehead atoms. The second-order valence-electron chi connectivity index (χ2n) is 3.54. The summed E-state index contributed by atoms with van der Waals surface area (Å²) in [5.74, 6) is 0. The molecule has 0 aliphatic rings. The summed E-state index contributed by atoms with van der Waals surface area (Å²) in [6.07, 6.45) is -7.32. The van der Waals surface area contributed by atoms with Gasteiger partial charge in [0.2, 0.25) is 0 Å². The predicted molar refractivity (Wildman–Crippen MR) is 58.4 cm³/mol. The Balaban J connectivity index is 2.82. The van der Waals surface area contributed by atoms with Gasteiger partial charge in [-0.2, -0.15) is 18.4 Å². The minimum Gasteiger partial charge on any atom is -0.382 e. The van der Waals surface area contributed by atoms with Crippen molar-refractivity contribution < 1.29 is 23.2 Å². The number of nitrogens with one attached hydrogen (secondary N) is 1. The lowest BCUT2D eigenvalue weighted by Crippen LogP contribution is -2.35. The van der Waals surface area contributed by atoms with Crippen LogP contribution in [-0.2, 0) is 0 Å². The minimum atomic E-state index is -4.76. The number of nitro groups is 1. The fourth-order valence-corrected chi connectivity index (χ4v) is 1.23. The smallest absolute Gasteiger partial charge is 0.382 e. The maximum absolute atomic E-state index is 12.0. The molecular weight excluding hydrogens is 267 g/mol. The van der Waals surface area contributed by atoms with Crippen molar-refractivity contribution in [3.63, 3.8) is 0 Å². The highest BCUT2D eigenvalue weighted by Gasteiger charge is 2.37. The number of halogens is 3. The quantitative estimate of drug-likeness (QED) is 0.644. The molecule has 102 valence electrons. The average molecular weight is 275 g/mol. The van der Waals surface area contributed by atoms with E-state index >= 15 is 0 Å². The Morgan fingerprint density at radius 2 is 2.16 bits per heavy atom. The van der Waals surface area contributed by atoms with Gasteiger partial charge in [0, 0.05) is 18.3 Å². The molecule has 6 nitrogen and oxygen atoms in total. The molecule has 0 aliphatic carbocycles. The van der Waals surface area contributed by atoms with E-state index in [1.807, 2.05) is 0 Å². The molecule has 1 aromatic rings. The number of hydrogen-bond acceptors (Lipinski definition) is 5. The first-order valence-corrected chi connectivity index (χ1v) is 4.93. The lowest BCUT2D eigenvalue weighted by atomic mass is 10.1. The van der Waals surface area contributed by atoms with Crippen LogP contribution < -0.4 is 5.32 Å². The average Bonchev–Trinajstić information content (AvgIpc) is 2.33. The maximum atomic E-state index is 12.0. The zero-order chi connectivity index (χ0) is 14.6. The normalized spacial score (nSPS) is 12.6. The number of nitro benzene ring substituents is 1. The van der Waals surface area contributed by atoms with E-state index < -0.39 is 29.4 Å². The Hall–Kier alpha value is -2.34. The van der Waals surface area contributed by atoms with Crippen molar-refractivity contribution in [3.8, 4) is 6.07 Å². The number of hydrogen-bond donors (Lipinski definition) is 2. The molecule has 1 rings (SSSR count). The van der Waals surface area contributed by atoms with Crippen LogP contribution in [0.1, 0.15) is 5.56 Å². The summed E-state index contributed by atoms with van der Waals surface area (Å²) in [7, 11) is 0. The van der Waals surface area contributed by atoms with Crippen LogP contribution in [0.5, 0.6) is 0 Å². The zero-order valence-corrected chi connectivity index (χ0v) is 9.31. The summed E-state index contributed by atoms with van der Waals surface area (Å²) in [6, 6.07) is 4.77. The van der Waals surface area contributed by atoms with Crippen molar-refractivity contribution in [3.05, 3.63) is 33.9 Å². The third kappa shape index (κ3) is 3.82. The molecule has 0 fully saturated rings. The molecule has 2 N–H and O–H groups in total. The van der Waals surface area contributed by atoms with Gasteiger partial charge in [0.1, 0.15) is 11.6 Å². The summed E-state index contributed by atoms with van der Waals surface area (Å²) in [5, 5.41) is 30.2. The van der Waals surface area contributed by atoms with Gasteiger partial charge in [-0.05, 0) is 12.1 Å². The van der Waals surface area contributed by atoms with Crippen molar-refractivity contribution in [1.29, 1.82) is 5.26 Å². The number of alkyl halides is 3. The first-order valence-electron chi connectivity index (χ1n) is 4.93. The summed E-state index contributed by atoms with van der Waals surface area (Å²) in [6.45, 7) is -0.813. The number of anilines is 1. The lowest BCUT2D eigenvalue weighted by molar-refractivity contribution is -0.385. The largest absolute Gasteiger partial charge is 0.416 e. The van der Waals surface area contributed by atoms with E-state index in [0.29, 0.717) is 0 Å². The molecule has 1 unspecified atom stereocenters. The van der Waals surface area contributed by atoms with Gasteiger partial charge in [0.25, 0.3) is 5.69 Å². The summed E-state index contributed by atoms with van der Waals surface area (Å²) in [4.78, 5) is 9.76. The Morgan fingerprint density at radius 3 is 2.63 bits per heavy atom. The number of benzene rings is 1. The fraction of sp³-hybridized carbons (Fsp3) is 0.300. The van der Waals surface area contributed by atoms with Crippen LogP contribution in [0.25, 0.3) is 0 Å². The van der Waals surface area contributed by atoms with E-state index in [4.69, 9.17) is 10.4 Å². The molecule has 0 aromatic heterocycles. The topological polar surface area (TPSA) is 99.2 Å². The Morgan fingerprint density at radius 1 is 1.53 bits per heavy atom. The SMILES string of the molecule is N#Cc1cc(NCC(O)C(F)(F)F)ccc1[N+](=O)[O-]. The van der Waals surface area contributed by atoms with E-state index in [1.165, 1.54) is 0 Å². The molecule has 1 atom stereocenters. The minimum absolute atomic E-state index is 0.0745. The second-order valence-corrected chi connectivity index (χ2v) is 3.54. The molecule has 9 heteroatoms. The van der Waals surface area contributed by atoms with E-state index in [-0.39, 0.29) is 11.3 Å². The molecule has 0 saturated heterocycles. The Kier molecular flexibility index (Phi) is 4.29. The predicted octanol–water partition coefficient (Wildman–Crippen LogP) is 1.80. The van der Waals surface area contributed by atoms with Crippen molar-refractivity contribution in [1.82, 2.24) is 0 Å². The number of nitrogens with zero attached hydrogens (tertiary/aromatic N) is 2. The first-order chi connectivity index (χ1) is 8.75. The van der Waals surface area contributed by atoms with Gasteiger partial charge in [-0.15, -0.1) is 0 Å². The molecule has 19 heavy (non-hydrogen) atoms. The van der Waals surface area contributed by atoms with Gasteiger partial charge in [-0.3, -0.25) is 10.1 Å². The van der Waals surface area contributed by atoms with Crippen LogP contribution in [0.3, 0.4) is 0 Å². The second kappa shape index (κ2) is 5.53. The molecule has 0 aliphatic heterocycles. The van der Waals surface area contributed by atoms with E-state index in [0.717, 1.165) is 18.2 Å². The third-order valence-electron chi connectivity index (χ3n) is 2.19. The summed E-state index contributed by atoms with van der Waals surface area (Å²) in [5.41, 5.74) is -0.647. The number of rotatable bonds is 4. The summed E-state index contributed by atoms with van der Waals surface area (Å²) >= 11 is 0. The fourth-order valence-electron chi connectivity index (χ4n) is 1.23. The highest BCUT2D eigenvalue weighted by atomic mass is 19.4. The van der Waals surface area contributed by atoms with Crippen LogP contribution in [0.15, 0.2) is 18.2 Å². The van der Waals surface area contributed by atoms with Gasteiger partial charge >= 0.3 is 6.18 Å².